The van der Waals surface area contributed by atoms with Gasteiger partial charge in [-0.3, -0.25) is 14.4 Å². The molecule has 0 saturated heterocycles. The Morgan fingerprint density at radius 2 is 1.89 bits per heavy atom. The van der Waals surface area contributed by atoms with Crippen LogP contribution in [0.4, 0.5) is 0 Å². The highest BCUT2D eigenvalue weighted by atomic mass is 16.5. The fraction of sp³-hybridized carbons (Fsp3) is 0.357. The average molecular weight is 246 g/mol. The summed E-state index contributed by atoms with van der Waals surface area (Å²) < 4.78 is 4.81. The lowest BCUT2D eigenvalue weighted by atomic mass is 9.94. The van der Waals surface area contributed by atoms with Crippen LogP contribution in [-0.4, -0.2) is 23.6 Å². The van der Waals surface area contributed by atoms with Crippen LogP contribution in [-0.2, 0) is 9.53 Å². The van der Waals surface area contributed by atoms with E-state index in [4.69, 9.17) is 4.74 Å². The number of carbonyl (C=O) groups is 3. The second kappa shape index (κ2) is 4.37. The highest BCUT2D eigenvalue weighted by molar-refractivity contribution is 6.29. The summed E-state index contributed by atoms with van der Waals surface area (Å²) in [4.78, 5) is 35.1. The number of ketones is 2. The predicted molar refractivity (Wildman–Crippen MR) is 64.7 cm³/mol. The Balaban J connectivity index is 2.52. The summed E-state index contributed by atoms with van der Waals surface area (Å²) in [5, 5.41) is 0. The van der Waals surface area contributed by atoms with Gasteiger partial charge in [0.05, 0.1) is 0 Å². The lowest BCUT2D eigenvalue weighted by molar-refractivity contribution is -0.142. The van der Waals surface area contributed by atoms with Gasteiger partial charge >= 0.3 is 5.97 Å². The summed E-state index contributed by atoms with van der Waals surface area (Å²) >= 11 is 0. The van der Waals surface area contributed by atoms with Crippen LogP contribution in [0.5, 0.6) is 0 Å². The number of rotatable bonds is 2. The van der Waals surface area contributed by atoms with E-state index in [1.54, 1.807) is 12.1 Å². The summed E-state index contributed by atoms with van der Waals surface area (Å²) in [5.74, 6) is -1.32. The molecule has 0 amide bonds. The first-order chi connectivity index (χ1) is 8.43. The maximum Gasteiger partial charge on any atom is 0.303 e. The second-order valence-electron chi connectivity index (χ2n) is 4.64. The standard InChI is InChI=1S/C14H14O4/c1-7(2)9-5-4-6-10-11(9)13(17)14(12(10)16)18-8(3)15/h4-7,14H,1-3H3. The molecule has 1 aliphatic rings. The Hall–Kier alpha value is -1.97. The number of ether oxygens (including phenoxy) is 1. The highest BCUT2D eigenvalue weighted by Gasteiger charge is 2.42. The van der Waals surface area contributed by atoms with Crippen LogP contribution in [0.25, 0.3) is 0 Å². The van der Waals surface area contributed by atoms with E-state index in [2.05, 4.69) is 0 Å². The third-order valence-corrected chi connectivity index (χ3v) is 2.99. The molecule has 4 nitrogen and oxygen atoms in total. The van der Waals surface area contributed by atoms with E-state index in [-0.39, 0.29) is 5.92 Å². The molecule has 0 heterocycles. The van der Waals surface area contributed by atoms with Crippen LogP contribution < -0.4 is 0 Å². The molecule has 0 aromatic heterocycles. The lowest BCUT2D eigenvalue weighted by Gasteiger charge is -2.10. The Labute approximate surface area is 105 Å². The van der Waals surface area contributed by atoms with E-state index in [1.807, 2.05) is 19.9 Å². The van der Waals surface area contributed by atoms with Crippen molar-refractivity contribution in [1.82, 2.24) is 0 Å². The molecule has 0 bridgehead atoms. The van der Waals surface area contributed by atoms with E-state index in [0.29, 0.717) is 11.1 Å². The molecular formula is C14H14O4. The molecule has 4 heteroatoms. The first kappa shape index (κ1) is 12.5. The number of esters is 1. The zero-order valence-corrected chi connectivity index (χ0v) is 10.5. The minimum absolute atomic E-state index is 0.132. The first-order valence-corrected chi connectivity index (χ1v) is 5.82. The van der Waals surface area contributed by atoms with Crippen molar-refractivity contribution >= 4 is 17.5 Å². The van der Waals surface area contributed by atoms with Crippen LogP contribution in [0.15, 0.2) is 18.2 Å². The second-order valence-corrected chi connectivity index (χ2v) is 4.64. The van der Waals surface area contributed by atoms with E-state index in [1.165, 1.54) is 6.92 Å². The fourth-order valence-electron chi connectivity index (χ4n) is 2.20. The molecular weight excluding hydrogens is 232 g/mol. The maximum absolute atomic E-state index is 12.2. The molecule has 0 N–H and O–H groups in total. The molecule has 0 fully saturated rings. The van der Waals surface area contributed by atoms with Crippen molar-refractivity contribution in [3.8, 4) is 0 Å². The van der Waals surface area contributed by atoms with Crippen LogP contribution in [0.2, 0.25) is 0 Å². The van der Waals surface area contributed by atoms with Crippen molar-refractivity contribution in [2.24, 2.45) is 0 Å². The highest BCUT2D eigenvalue weighted by Crippen LogP contribution is 2.31. The van der Waals surface area contributed by atoms with E-state index in [9.17, 15) is 14.4 Å². The Kier molecular flexibility index (Phi) is 3.03. The third-order valence-electron chi connectivity index (χ3n) is 2.99. The number of fused-ring (bicyclic) bond motifs is 1. The minimum Gasteiger partial charge on any atom is -0.446 e. The summed E-state index contributed by atoms with van der Waals surface area (Å²) in [6.07, 6.45) is -1.29. The summed E-state index contributed by atoms with van der Waals surface area (Å²) in [7, 11) is 0. The van der Waals surface area contributed by atoms with Crippen molar-refractivity contribution in [3.05, 3.63) is 34.9 Å². The summed E-state index contributed by atoms with van der Waals surface area (Å²) in [5.41, 5.74) is 1.58. The van der Waals surface area contributed by atoms with Gasteiger partial charge in [-0.15, -0.1) is 0 Å². The van der Waals surface area contributed by atoms with Crippen molar-refractivity contribution in [2.45, 2.75) is 32.8 Å². The molecule has 18 heavy (non-hydrogen) atoms. The average Bonchev–Trinajstić information content (AvgIpc) is 2.54. The molecule has 1 aromatic rings. The van der Waals surface area contributed by atoms with Gasteiger partial charge in [0.25, 0.3) is 0 Å². The van der Waals surface area contributed by atoms with Crippen molar-refractivity contribution in [2.75, 3.05) is 0 Å². The van der Waals surface area contributed by atoms with Crippen LogP contribution >= 0.6 is 0 Å². The maximum atomic E-state index is 12.2. The first-order valence-electron chi connectivity index (χ1n) is 5.82. The van der Waals surface area contributed by atoms with Gasteiger partial charge in [-0.2, -0.15) is 0 Å². The fourth-order valence-corrected chi connectivity index (χ4v) is 2.20. The SMILES string of the molecule is CC(=O)OC1C(=O)c2cccc(C(C)C)c2C1=O. The van der Waals surface area contributed by atoms with Crippen molar-refractivity contribution < 1.29 is 19.1 Å². The molecule has 0 aliphatic heterocycles. The monoisotopic (exact) mass is 246 g/mol. The largest absolute Gasteiger partial charge is 0.446 e. The zero-order valence-electron chi connectivity index (χ0n) is 10.5. The molecule has 2 rings (SSSR count). The molecule has 94 valence electrons. The predicted octanol–water partition coefficient (Wildman–Crippen LogP) is 2.12. The van der Waals surface area contributed by atoms with E-state index >= 15 is 0 Å². The van der Waals surface area contributed by atoms with Gasteiger partial charge in [0.15, 0.2) is 0 Å². The lowest BCUT2D eigenvalue weighted by Crippen LogP contribution is -2.28. The minimum atomic E-state index is -1.29. The van der Waals surface area contributed by atoms with Gasteiger partial charge in [-0.05, 0) is 11.5 Å². The van der Waals surface area contributed by atoms with Crippen LogP contribution in [0.1, 0.15) is 53.0 Å². The van der Waals surface area contributed by atoms with Gasteiger partial charge in [-0.1, -0.05) is 32.0 Å². The molecule has 1 unspecified atom stereocenters. The van der Waals surface area contributed by atoms with Gasteiger partial charge in [-0.25, -0.2) is 0 Å². The summed E-state index contributed by atoms with van der Waals surface area (Å²) in [6.45, 7) is 5.09. The number of Topliss-reactive ketones (excluding diaryl/α,β-unsaturated/α-hetero) is 2. The molecule has 1 aliphatic carbocycles. The Morgan fingerprint density at radius 3 is 2.44 bits per heavy atom. The van der Waals surface area contributed by atoms with Crippen molar-refractivity contribution in [1.29, 1.82) is 0 Å². The Morgan fingerprint density at radius 1 is 1.22 bits per heavy atom. The number of hydrogen-bond acceptors (Lipinski definition) is 4. The molecule has 1 atom stereocenters. The van der Waals surface area contributed by atoms with Crippen molar-refractivity contribution in [3.63, 3.8) is 0 Å². The topological polar surface area (TPSA) is 60.4 Å². The number of carbonyl (C=O) groups excluding carboxylic acids is 3. The normalized spacial score (nSPS) is 18.1. The van der Waals surface area contributed by atoms with Gasteiger partial charge in [0.2, 0.25) is 17.7 Å². The van der Waals surface area contributed by atoms with Gasteiger partial charge in [0, 0.05) is 18.1 Å². The van der Waals surface area contributed by atoms with Gasteiger partial charge < -0.3 is 4.74 Å². The van der Waals surface area contributed by atoms with E-state index in [0.717, 1.165) is 5.56 Å². The summed E-state index contributed by atoms with van der Waals surface area (Å²) in [6, 6.07) is 5.17. The number of benzene rings is 1. The molecule has 1 aromatic carbocycles. The third kappa shape index (κ3) is 1.83. The quantitative estimate of drug-likeness (QED) is 0.592. The van der Waals surface area contributed by atoms with Gasteiger partial charge in [0.1, 0.15) is 0 Å². The van der Waals surface area contributed by atoms with Crippen LogP contribution in [0, 0.1) is 0 Å². The van der Waals surface area contributed by atoms with Crippen LogP contribution in [0.3, 0.4) is 0 Å². The number of hydrogen-bond donors (Lipinski definition) is 0. The molecule has 0 radical (unpaired) electrons. The molecule has 0 spiro atoms. The smallest absolute Gasteiger partial charge is 0.303 e. The zero-order chi connectivity index (χ0) is 13.4. The molecule has 0 saturated carbocycles. The Bertz CT molecular complexity index is 543. The van der Waals surface area contributed by atoms with E-state index < -0.39 is 23.6 Å².